The molecule has 13 heavy (non-hydrogen) atoms. The third kappa shape index (κ3) is 2.72. The summed E-state index contributed by atoms with van der Waals surface area (Å²) in [6, 6.07) is 7.49. The van der Waals surface area contributed by atoms with Gasteiger partial charge < -0.3 is 10.5 Å². The first-order valence-corrected chi connectivity index (χ1v) is 4.27. The lowest BCUT2D eigenvalue weighted by Gasteiger charge is -2.00. The maximum Gasteiger partial charge on any atom is 0.175 e. The van der Waals surface area contributed by atoms with Gasteiger partial charge in [-0.2, -0.15) is 0 Å². The zero-order chi connectivity index (χ0) is 9.68. The fourth-order valence-corrected chi connectivity index (χ4v) is 1.15. The van der Waals surface area contributed by atoms with Gasteiger partial charge in [-0.15, -0.1) is 0 Å². The molecule has 0 saturated heterocycles. The first-order chi connectivity index (χ1) is 6.27. The zero-order valence-electron chi connectivity index (χ0n) is 7.29. The molecule has 0 bridgehead atoms. The minimum Gasteiger partial charge on any atom is -0.410 e. The molecule has 0 atom stereocenters. The van der Waals surface area contributed by atoms with Crippen molar-refractivity contribution in [3.8, 4) is 0 Å². The van der Waals surface area contributed by atoms with Crippen molar-refractivity contribution in [3.63, 3.8) is 0 Å². The van der Waals surface area contributed by atoms with E-state index in [1.165, 1.54) is 0 Å². The van der Waals surface area contributed by atoms with Gasteiger partial charge in [-0.1, -0.05) is 41.0 Å². The van der Waals surface area contributed by atoms with Crippen molar-refractivity contribution < 1.29 is 5.21 Å². The van der Waals surface area contributed by atoms with Gasteiger partial charge in [0.15, 0.2) is 5.17 Å². The van der Waals surface area contributed by atoms with Crippen molar-refractivity contribution in [1.82, 2.24) is 5.32 Å². The standard InChI is InChI=1S/C9H11ClN2O/c1-11-6-7-2-4-8(5-3-7)9(10)12-13/h2-5,11,13H,6H2,1H3. The molecule has 70 valence electrons. The third-order valence-corrected chi connectivity index (χ3v) is 1.95. The van der Waals surface area contributed by atoms with E-state index < -0.39 is 0 Å². The Kier molecular flexibility index (Phi) is 3.73. The van der Waals surface area contributed by atoms with Gasteiger partial charge in [0.25, 0.3) is 0 Å². The Morgan fingerprint density at radius 2 is 2.08 bits per heavy atom. The summed E-state index contributed by atoms with van der Waals surface area (Å²) in [5.41, 5.74) is 1.87. The molecule has 3 nitrogen and oxygen atoms in total. The van der Waals surface area contributed by atoms with Crippen LogP contribution < -0.4 is 5.32 Å². The molecule has 0 amide bonds. The van der Waals surface area contributed by atoms with E-state index in [0.717, 1.165) is 12.1 Å². The maximum absolute atomic E-state index is 8.40. The topological polar surface area (TPSA) is 44.6 Å². The first kappa shape index (κ1) is 10.0. The summed E-state index contributed by atoms with van der Waals surface area (Å²) in [5.74, 6) is 0. The largest absolute Gasteiger partial charge is 0.410 e. The van der Waals surface area contributed by atoms with Crippen LogP contribution in [0.4, 0.5) is 0 Å². The summed E-state index contributed by atoms with van der Waals surface area (Å²) in [4.78, 5) is 0. The monoisotopic (exact) mass is 198 g/mol. The average molecular weight is 199 g/mol. The zero-order valence-corrected chi connectivity index (χ0v) is 8.04. The summed E-state index contributed by atoms with van der Waals surface area (Å²) >= 11 is 5.60. The highest BCUT2D eigenvalue weighted by atomic mass is 35.5. The number of hydrogen-bond donors (Lipinski definition) is 2. The molecule has 0 radical (unpaired) electrons. The molecule has 0 aliphatic rings. The molecule has 1 rings (SSSR count). The molecule has 0 unspecified atom stereocenters. The quantitative estimate of drug-likeness (QED) is 0.442. The van der Waals surface area contributed by atoms with Gasteiger partial charge in [0, 0.05) is 12.1 Å². The summed E-state index contributed by atoms with van der Waals surface area (Å²) in [5, 5.41) is 14.4. The third-order valence-electron chi connectivity index (χ3n) is 1.66. The Morgan fingerprint density at radius 1 is 1.46 bits per heavy atom. The Bertz CT molecular complexity index is 295. The van der Waals surface area contributed by atoms with Crippen LogP contribution in [0.1, 0.15) is 11.1 Å². The predicted molar refractivity (Wildman–Crippen MR) is 53.4 cm³/mol. The first-order valence-electron chi connectivity index (χ1n) is 3.89. The normalized spacial score (nSPS) is 11.7. The number of nitrogens with one attached hydrogen (secondary N) is 1. The van der Waals surface area contributed by atoms with Crippen molar-refractivity contribution in [3.05, 3.63) is 35.4 Å². The van der Waals surface area contributed by atoms with Crippen LogP contribution in [0.3, 0.4) is 0 Å². The van der Waals surface area contributed by atoms with Crippen molar-refractivity contribution in [2.45, 2.75) is 6.54 Å². The van der Waals surface area contributed by atoms with Gasteiger partial charge in [0.05, 0.1) is 0 Å². The molecule has 0 spiro atoms. The summed E-state index contributed by atoms with van der Waals surface area (Å²) in [7, 11) is 1.88. The molecule has 0 fully saturated rings. The van der Waals surface area contributed by atoms with Gasteiger partial charge >= 0.3 is 0 Å². The van der Waals surface area contributed by atoms with Crippen LogP contribution in [0.25, 0.3) is 0 Å². The van der Waals surface area contributed by atoms with Gasteiger partial charge in [0.2, 0.25) is 0 Å². The van der Waals surface area contributed by atoms with Crippen molar-refractivity contribution >= 4 is 16.8 Å². The number of benzene rings is 1. The average Bonchev–Trinajstić information content (AvgIpc) is 2.18. The van der Waals surface area contributed by atoms with Crippen LogP contribution in [0.5, 0.6) is 0 Å². The summed E-state index contributed by atoms with van der Waals surface area (Å²) in [6.45, 7) is 0.814. The van der Waals surface area contributed by atoms with Crippen LogP contribution in [-0.4, -0.2) is 17.4 Å². The molecule has 1 aromatic rings. The molecule has 0 saturated carbocycles. The Morgan fingerprint density at radius 3 is 2.54 bits per heavy atom. The van der Waals surface area contributed by atoms with Crippen molar-refractivity contribution in [2.75, 3.05) is 7.05 Å². The van der Waals surface area contributed by atoms with E-state index in [9.17, 15) is 0 Å². The fourth-order valence-electron chi connectivity index (χ4n) is 1.02. The second-order valence-electron chi connectivity index (χ2n) is 2.62. The molecule has 0 heterocycles. The number of nitrogens with zero attached hydrogens (tertiary/aromatic N) is 1. The number of rotatable bonds is 3. The highest BCUT2D eigenvalue weighted by Gasteiger charge is 1.99. The second-order valence-corrected chi connectivity index (χ2v) is 2.98. The Labute approximate surface area is 82.0 Å². The fraction of sp³-hybridized carbons (Fsp3) is 0.222. The van der Waals surface area contributed by atoms with Gasteiger partial charge in [-0.05, 0) is 12.6 Å². The van der Waals surface area contributed by atoms with E-state index in [-0.39, 0.29) is 5.17 Å². The molecular formula is C9H11ClN2O. The molecule has 1 aromatic carbocycles. The Balaban J connectivity index is 2.81. The molecule has 0 aliphatic carbocycles. The highest BCUT2D eigenvalue weighted by molar-refractivity contribution is 6.69. The van der Waals surface area contributed by atoms with E-state index >= 15 is 0 Å². The minimum atomic E-state index is 0.107. The predicted octanol–water partition coefficient (Wildman–Crippen LogP) is 1.78. The molecule has 4 heteroatoms. The number of halogens is 1. The Hall–Kier alpha value is -1.06. The smallest absolute Gasteiger partial charge is 0.175 e. The molecule has 0 aromatic heterocycles. The van der Waals surface area contributed by atoms with Crippen LogP contribution in [-0.2, 0) is 6.54 Å². The highest BCUT2D eigenvalue weighted by Crippen LogP contribution is 2.07. The van der Waals surface area contributed by atoms with Crippen LogP contribution in [0.15, 0.2) is 29.4 Å². The SMILES string of the molecule is CNCc1ccc(C(Cl)=NO)cc1. The van der Waals surface area contributed by atoms with Crippen molar-refractivity contribution in [2.24, 2.45) is 5.16 Å². The molecular weight excluding hydrogens is 188 g/mol. The van der Waals surface area contributed by atoms with Crippen molar-refractivity contribution in [1.29, 1.82) is 0 Å². The molecule has 0 aliphatic heterocycles. The minimum absolute atomic E-state index is 0.107. The van der Waals surface area contributed by atoms with Gasteiger partial charge in [-0.3, -0.25) is 0 Å². The van der Waals surface area contributed by atoms with E-state index in [1.807, 2.05) is 31.3 Å². The van der Waals surface area contributed by atoms with E-state index in [2.05, 4.69) is 10.5 Å². The van der Waals surface area contributed by atoms with E-state index in [0.29, 0.717) is 5.56 Å². The van der Waals surface area contributed by atoms with Gasteiger partial charge in [0.1, 0.15) is 0 Å². The van der Waals surface area contributed by atoms with Crippen LogP contribution in [0, 0.1) is 0 Å². The summed E-state index contributed by atoms with van der Waals surface area (Å²) in [6.07, 6.45) is 0. The van der Waals surface area contributed by atoms with E-state index in [4.69, 9.17) is 16.8 Å². The van der Waals surface area contributed by atoms with Crippen LogP contribution in [0.2, 0.25) is 0 Å². The lowest BCUT2D eigenvalue weighted by Crippen LogP contribution is -2.04. The van der Waals surface area contributed by atoms with E-state index in [1.54, 1.807) is 0 Å². The second kappa shape index (κ2) is 4.84. The number of oxime groups is 1. The lowest BCUT2D eigenvalue weighted by molar-refractivity contribution is 0.321. The van der Waals surface area contributed by atoms with Gasteiger partial charge in [-0.25, -0.2) is 0 Å². The molecule has 2 N–H and O–H groups in total. The van der Waals surface area contributed by atoms with Crippen LogP contribution >= 0.6 is 11.6 Å². The summed E-state index contributed by atoms with van der Waals surface area (Å²) < 4.78 is 0. The maximum atomic E-state index is 8.40. The lowest BCUT2D eigenvalue weighted by atomic mass is 10.1. The number of hydrogen-bond acceptors (Lipinski definition) is 3.